The maximum absolute atomic E-state index is 5.86. The van der Waals surface area contributed by atoms with Gasteiger partial charge in [-0.2, -0.15) is 0 Å². The molecule has 0 radical (unpaired) electrons. The van der Waals surface area contributed by atoms with Crippen LogP contribution in [0.4, 0.5) is 0 Å². The molecule has 0 amide bonds. The van der Waals surface area contributed by atoms with Crippen LogP contribution in [-0.2, 0) is 6.42 Å². The lowest BCUT2D eigenvalue weighted by Crippen LogP contribution is -2.21. The molecule has 1 atom stereocenters. The molecule has 1 unspecified atom stereocenters. The zero-order chi connectivity index (χ0) is 9.26. The molecule has 0 aromatic heterocycles. The van der Waals surface area contributed by atoms with Crippen molar-refractivity contribution in [3.63, 3.8) is 0 Å². The molecule has 0 fully saturated rings. The normalized spacial score (nSPS) is 20.6. The topological polar surface area (TPSA) is 9.23 Å². The fraction of sp³-hybridized carbons (Fsp3) is 0.500. The quantitative estimate of drug-likeness (QED) is 0.639. The summed E-state index contributed by atoms with van der Waals surface area (Å²) >= 11 is 0. The summed E-state index contributed by atoms with van der Waals surface area (Å²) in [7, 11) is 0. The van der Waals surface area contributed by atoms with Gasteiger partial charge in [-0.15, -0.1) is 0 Å². The standard InChI is InChI=1S/C12H16O/c1-3-11-7-6-10-5-4-9(2)8-12(10)13-11/h4-5,8,11H,3,6-7H2,1-2H3. The van der Waals surface area contributed by atoms with Gasteiger partial charge in [-0.3, -0.25) is 0 Å². The van der Waals surface area contributed by atoms with Crippen molar-refractivity contribution in [1.29, 1.82) is 0 Å². The van der Waals surface area contributed by atoms with Crippen LogP contribution in [0.1, 0.15) is 30.9 Å². The van der Waals surface area contributed by atoms with Gasteiger partial charge in [0.25, 0.3) is 0 Å². The first-order chi connectivity index (χ1) is 6.29. The molecule has 1 aromatic carbocycles. The molecule has 1 aliphatic rings. The molecule has 0 aliphatic carbocycles. The molecule has 1 heteroatoms. The smallest absolute Gasteiger partial charge is 0.123 e. The SMILES string of the molecule is CCC1CCc2ccc(C)cc2O1. The van der Waals surface area contributed by atoms with Crippen LogP contribution in [0, 0.1) is 6.92 Å². The Morgan fingerprint density at radius 1 is 1.46 bits per heavy atom. The highest BCUT2D eigenvalue weighted by atomic mass is 16.5. The lowest BCUT2D eigenvalue weighted by molar-refractivity contribution is 0.169. The van der Waals surface area contributed by atoms with Crippen LogP contribution in [0.2, 0.25) is 0 Å². The number of ether oxygens (including phenoxy) is 1. The monoisotopic (exact) mass is 176 g/mol. The first-order valence-corrected chi connectivity index (χ1v) is 5.06. The van der Waals surface area contributed by atoms with E-state index in [1.807, 2.05) is 0 Å². The lowest BCUT2D eigenvalue weighted by atomic mass is 10.00. The van der Waals surface area contributed by atoms with Crippen molar-refractivity contribution in [3.05, 3.63) is 29.3 Å². The van der Waals surface area contributed by atoms with E-state index in [-0.39, 0.29) is 0 Å². The second kappa shape index (κ2) is 3.41. The predicted octanol–water partition coefficient (Wildman–Crippen LogP) is 3.10. The Bertz CT molecular complexity index is 304. The largest absolute Gasteiger partial charge is 0.490 e. The highest BCUT2D eigenvalue weighted by molar-refractivity contribution is 5.38. The summed E-state index contributed by atoms with van der Waals surface area (Å²) < 4.78 is 5.86. The van der Waals surface area contributed by atoms with Crippen LogP contribution in [-0.4, -0.2) is 6.10 Å². The maximum atomic E-state index is 5.86. The summed E-state index contributed by atoms with van der Waals surface area (Å²) in [5.41, 5.74) is 2.66. The summed E-state index contributed by atoms with van der Waals surface area (Å²) in [6.45, 7) is 4.30. The van der Waals surface area contributed by atoms with Gasteiger partial charge in [0.2, 0.25) is 0 Å². The van der Waals surface area contributed by atoms with Crippen LogP contribution < -0.4 is 4.74 Å². The van der Waals surface area contributed by atoms with E-state index in [1.54, 1.807) is 0 Å². The van der Waals surface area contributed by atoms with Gasteiger partial charge in [0.05, 0.1) is 6.10 Å². The molecule has 0 saturated carbocycles. The summed E-state index contributed by atoms with van der Waals surface area (Å²) in [5.74, 6) is 1.11. The molecule has 13 heavy (non-hydrogen) atoms. The second-order valence-corrected chi connectivity index (χ2v) is 3.80. The van der Waals surface area contributed by atoms with Gasteiger partial charge in [-0.05, 0) is 43.4 Å². The van der Waals surface area contributed by atoms with Crippen molar-refractivity contribution in [2.24, 2.45) is 0 Å². The zero-order valence-corrected chi connectivity index (χ0v) is 8.34. The molecule has 1 heterocycles. The number of hydrogen-bond donors (Lipinski definition) is 0. The van der Waals surface area contributed by atoms with Crippen molar-refractivity contribution >= 4 is 0 Å². The van der Waals surface area contributed by atoms with Crippen LogP contribution in [0.25, 0.3) is 0 Å². The molecule has 1 aromatic rings. The fourth-order valence-corrected chi connectivity index (χ4v) is 1.82. The Balaban J connectivity index is 2.27. The Labute approximate surface area is 79.7 Å². The highest BCUT2D eigenvalue weighted by Gasteiger charge is 2.17. The Morgan fingerprint density at radius 2 is 2.31 bits per heavy atom. The molecule has 1 nitrogen and oxygen atoms in total. The Kier molecular flexibility index (Phi) is 2.26. The molecule has 1 aliphatic heterocycles. The van der Waals surface area contributed by atoms with Crippen molar-refractivity contribution in [2.45, 2.75) is 39.2 Å². The van der Waals surface area contributed by atoms with Gasteiger partial charge < -0.3 is 4.74 Å². The molecular formula is C12H16O. The van der Waals surface area contributed by atoms with E-state index in [0.717, 1.165) is 12.2 Å². The Hall–Kier alpha value is -0.980. The first-order valence-electron chi connectivity index (χ1n) is 5.06. The number of benzene rings is 1. The van der Waals surface area contributed by atoms with E-state index in [2.05, 4.69) is 32.0 Å². The lowest BCUT2D eigenvalue weighted by Gasteiger charge is -2.25. The summed E-state index contributed by atoms with van der Waals surface area (Å²) in [6.07, 6.45) is 3.91. The number of hydrogen-bond acceptors (Lipinski definition) is 1. The number of rotatable bonds is 1. The van der Waals surface area contributed by atoms with Crippen molar-refractivity contribution in [3.8, 4) is 5.75 Å². The van der Waals surface area contributed by atoms with Gasteiger partial charge in [-0.1, -0.05) is 19.1 Å². The third-order valence-electron chi connectivity index (χ3n) is 2.71. The number of aryl methyl sites for hydroxylation is 2. The van der Waals surface area contributed by atoms with E-state index >= 15 is 0 Å². The molecule has 0 bridgehead atoms. The van der Waals surface area contributed by atoms with E-state index in [4.69, 9.17) is 4.74 Å². The van der Waals surface area contributed by atoms with Crippen molar-refractivity contribution in [2.75, 3.05) is 0 Å². The minimum absolute atomic E-state index is 0.439. The van der Waals surface area contributed by atoms with Crippen LogP contribution in [0.5, 0.6) is 5.75 Å². The molecule has 2 rings (SSSR count). The minimum atomic E-state index is 0.439. The predicted molar refractivity (Wildman–Crippen MR) is 54.2 cm³/mol. The van der Waals surface area contributed by atoms with Crippen LogP contribution in [0.3, 0.4) is 0 Å². The van der Waals surface area contributed by atoms with Crippen molar-refractivity contribution in [1.82, 2.24) is 0 Å². The molecule has 70 valence electrons. The van der Waals surface area contributed by atoms with Gasteiger partial charge in [-0.25, -0.2) is 0 Å². The van der Waals surface area contributed by atoms with E-state index < -0.39 is 0 Å². The third-order valence-corrected chi connectivity index (χ3v) is 2.71. The van der Waals surface area contributed by atoms with E-state index in [0.29, 0.717) is 6.10 Å². The van der Waals surface area contributed by atoms with Crippen LogP contribution >= 0.6 is 0 Å². The minimum Gasteiger partial charge on any atom is -0.490 e. The molecule has 0 N–H and O–H groups in total. The molecule has 0 saturated heterocycles. The van der Waals surface area contributed by atoms with Crippen LogP contribution in [0.15, 0.2) is 18.2 Å². The van der Waals surface area contributed by atoms with Gasteiger partial charge in [0.15, 0.2) is 0 Å². The van der Waals surface area contributed by atoms with Crippen molar-refractivity contribution < 1.29 is 4.74 Å². The van der Waals surface area contributed by atoms with E-state index in [9.17, 15) is 0 Å². The highest BCUT2D eigenvalue weighted by Crippen LogP contribution is 2.29. The second-order valence-electron chi connectivity index (χ2n) is 3.80. The third kappa shape index (κ3) is 1.69. The van der Waals surface area contributed by atoms with E-state index in [1.165, 1.54) is 24.0 Å². The number of fused-ring (bicyclic) bond motifs is 1. The van der Waals surface area contributed by atoms with Gasteiger partial charge in [0, 0.05) is 0 Å². The first kappa shape index (κ1) is 8.61. The molecule has 0 spiro atoms. The van der Waals surface area contributed by atoms with Gasteiger partial charge >= 0.3 is 0 Å². The average Bonchev–Trinajstić information content (AvgIpc) is 2.16. The summed E-state index contributed by atoms with van der Waals surface area (Å²) in [5, 5.41) is 0. The van der Waals surface area contributed by atoms with Gasteiger partial charge in [0.1, 0.15) is 5.75 Å². The maximum Gasteiger partial charge on any atom is 0.123 e. The zero-order valence-electron chi connectivity index (χ0n) is 8.34. The fourth-order valence-electron chi connectivity index (χ4n) is 1.82. The Morgan fingerprint density at radius 3 is 3.08 bits per heavy atom. The summed E-state index contributed by atoms with van der Waals surface area (Å²) in [4.78, 5) is 0. The molecular weight excluding hydrogens is 160 g/mol. The summed E-state index contributed by atoms with van der Waals surface area (Å²) in [6, 6.07) is 6.50. The average molecular weight is 176 g/mol.